The second-order valence-electron chi connectivity index (χ2n) is 11.7. The van der Waals surface area contributed by atoms with Gasteiger partial charge in [0.15, 0.2) is 11.5 Å². The minimum absolute atomic E-state index is 0.259. The molecule has 1 aliphatic heterocycles. The van der Waals surface area contributed by atoms with Crippen molar-refractivity contribution >= 4 is 11.7 Å². The Bertz CT molecular complexity index is 1560. The van der Waals surface area contributed by atoms with Crippen LogP contribution in [0.25, 0.3) is 11.3 Å². The summed E-state index contributed by atoms with van der Waals surface area (Å²) in [5, 5.41) is 13.1. The van der Waals surface area contributed by atoms with E-state index in [2.05, 4.69) is 49.2 Å². The second-order valence-corrected chi connectivity index (χ2v) is 11.7. The lowest BCUT2D eigenvalue weighted by atomic mass is 10.1. The number of carbonyl (C=O) groups is 1. The zero-order chi connectivity index (χ0) is 31.6. The number of anilines is 1. The first-order valence-electron chi connectivity index (χ1n) is 15.7. The summed E-state index contributed by atoms with van der Waals surface area (Å²) in [6, 6.07) is 23.6. The topological polar surface area (TPSA) is 106 Å². The van der Waals surface area contributed by atoms with Crippen molar-refractivity contribution in [2.75, 3.05) is 31.7 Å². The van der Waals surface area contributed by atoms with Crippen molar-refractivity contribution in [2.45, 2.75) is 53.2 Å². The van der Waals surface area contributed by atoms with E-state index in [0.29, 0.717) is 51.4 Å². The lowest BCUT2D eigenvalue weighted by Crippen LogP contribution is -2.25. The molecule has 4 aromatic rings. The van der Waals surface area contributed by atoms with Crippen LogP contribution in [0.4, 0.5) is 5.69 Å². The maximum Gasteiger partial charge on any atom is 0.335 e. The molecule has 0 aliphatic carbocycles. The molecule has 9 nitrogen and oxygen atoms in total. The summed E-state index contributed by atoms with van der Waals surface area (Å²) < 4.78 is 17.7. The van der Waals surface area contributed by atoms with Crippen LogP contribution in [0.2, 0.25) is 0 Å². The fourth-order valence-electron chi connectivity index (χ4n) is 5.12. The van der Waals surface area contributed by atoms with E-state index in [1.54, 1.807) is 12.1 Å². The molecule has 0 unspecified atom stereocenters. The number of fused-ring (bicyclic) bond motifs is 1. The molecule has 0 fully saturated rings. The number of aromatic carboxylic acids is 1. The number of nitrogens with zero attached hydrogens (tertiary/aromatic N) is 3. The van der Waals surface area contributed by atoms with Gasteiger partial charge in [-0.05, 0) is 47.7 Å². The molecule has 9 heteroatoms. The molecule has 3 aromatic carbocycles. The van der Waals surface area contributed by atoms with Gasteiger partial charge in [-0.15, -0.1) is 0 Å². The summed E-state index contributed by atoms with van der Waals surface area (Å²) in [6.45, 7) is 10.4. The molecule has 236 valence electrons. The average molecular weight is 611 g/mol. The van der Waals surface area contributed by atoms with Gasteiger partial charge in [-0.3, -0.25) is 4.90 Å². The molecule has 1 aliphatic rings. The van der Waals surface area contributed by atoms with Gasteiger partial charge in [-0.1, -0.05) is 75.7 Å². The third kappa shape index (κ3) is 8.73. The van der Waals surface area contributed by atoms with Crippen molar-refractivity contribution in [1.82, 2.24) is 14.9 Å². The van der Waals surface area contributed by atoms with E-state index < -0.39 is 5.97 Å². The number of rotatable bonds is 15. The number of unbranched alkanes of at least 4 members (excludes halogenated alkanes) is 1. The summed E-state index contributed by atoms with van der Waals surface area (Å²) in [5.41, 5.74) is 5.83. The standard InChI is InChI=1S/C36H42N4O5/c1-4-5-17-37-34-30(38-36(45-24-25(2)3)39-33(34)28-9-7-6-8-10-28)23-40(21-26-11-14-29(15-12-26)35(41)42)22-27-13-16-31-32(20-27)44-19-18-43-31/h6-16,20,25,37H,4-5,17-19,21-24H2,1-3H3,(H,41,42). The summed E-state index contributed by atoms with van der Waals surface area (Å²) in [7, 11) is 0. The molecule has 5 rings (SSSR count). The molecule has 0 atom stereocenters. The lowest BCUT2D eigenvalue weighted by Gasteiger charge is -2.26. The molecule has 0 saturated carbocycles. The summed E-state index contributed by atoms with van der Waals surface area (Å²) >= 11 is 0. The van der Waals surface area contributed by atoms with Crippen molar-refractivity contribution in [3.05, 3.63) is 95.2 Å². The Hall–Kier alpha value is -4.63. The fraction of sp³-hybridized carbons (Fsp3) is 0.361. The normalized spacial score (nSPS) is 12.4. The molecule has 45 heavy (non-hydrogen) atoms. The minimum Gasteiger partial charge on any atom is -0.486 e. The zero-order valence-electron chi connectivity index (χ0n) is 26.3. The van der Waals surface area contributed by atoms with Crippen LogP contribution in [-0.2, 0) is 19.6 Å². The Morgan fingerprint density at radius 2 is 1.64 bits per heavy atom. The summed E-state index contributed by atoms with van der Waals surface area (Å²) in [5.74, 6) is 0.864. The average Bonchev–Trinajstić information content (AvgIpc) is 3.05. The summed E-state index contributed by atoms with van der Waals surface area (Å²) in [6.07, 6.45) is 2.07. The van der Waals surface area contributed by atoms with Gasteiger partial charge in [0.25, 0.3) is 0 Å². The number of carboxylic acids is 1. The molecule has 0 spiro atoms. The molecule has 0 saturated heterocycles. The van der Waals surface area contributed by atoms with Gasteiger partial charge in [0.1, 0.15) is 18.9 Å². The Morgan fingerprint density at radius 3 is 2.36 bits per heavy atom. The third-order valence-corrected chi connectivity index (χ3v) is 7.38. The van der Waals surface area contributed by atoms with E-state index in [0.717, 1.165) is 64.7 Å². The molecule has 2 N–H and O–H groups in total. The van der Waals surface area contributed by atoms with E-state index >= 15 is 0 Å². The van der Waals surface area contributed by atoms with Crippen molar-refractivity contribution in [1.29, 1.82) is 0 Å². The maximum atomic E-state index is 11.5. The van der Waals surface area contributed by atoms with E-state index in [9.17, 15) is 9.90 Å². The molecule has 0 bridgehead atoms. The monoisotopic (exact) mass is 610 g/mol. The Balaban J connectivity index is 1.54. The number of carboxylic acid groups (broad SMARTS) is 1. The smallest absolute Gasteiger partial charge is 0.335 e. The summed E-state index contributed by atoms with van der Waals surface area (Å²) in [4.78, 5) is 23.7. The second kappa shape index (κ2) is 15.4. The Labute approximate surface area is 265 Å². The van der Waals surface area contributed by atoms with Crippen LogP contribution in [0.5, 0.6) is 17.5 Å². The van der Waals surface area contributed by atoms with Crippen molar-refractivity contribution in [2.24, 2.45) is 5.92 Å². The number of aromatic nitrogens is 2. The van der Waals surface area contributed by atoms with Gasteiger partial charge >= 0.3 is 12.0 Å². The zero-order valence-corrected chi connectivity index (χ0v) is 26.3. The van der Waals surface area contributed by atoms with Gasteiger partial charge in [0.2, 0.25) is 0 Å². The SMILES string of the molecule is CCCCNc1c(CN(Cc2ccc(C(=O)O)cc2)Cc2ccc3c(c2)OCCO3)nc(OCC(C)C)nc1-c1ccccc1. The first kappa shape index (κ1) is 31.8. The largest absolute Gasteiger partial charge is 0.486 e. The maximum absolute atomic E-state index is 11.5. The molecular formula is C36H42N4O5. The lowest BCUT2D eigenvalue weighted by molar-refractivity contribution is 0.0697. The Kier molecular flexibility index (Phi) is 10.9. The molecule has 0 amide bonds. The van der Waals surface area contributed by atoms with Crippen molar-refractivity contribution < 1.29 is 24.1 Å². The van der Waals surface area contributed by atoms with Crippen LogP contribution >= 0.6 is 0 Å². The van der Waals surface area contributed by atoms with Crippen LogP contribution < -0.4 is 19.5 Å². The highest BCUT2D eigenvalue weighted by molar-refractivity contribution is 5.87. The van der Waals surface area contributed by atoms with E-state index in [1.807, 2.05) is 42.5 Å². The number of ether oxygens (including phenoxy) is 3. The van der Waals surface area contributed by atoms with E-state index in [1.165, 1.54) is 0 Å². The van der Waals surface area contributed by atoms with Gasteiger partial charge in [0, 0.05) is 31.7 Å². The Morgan fingerprint density at radius 1 is 0.933 bits per heavy atom. The molecule has 2 heterocycles. The number of nitrogens with one attached hydrogen (secondary N) is 1. The third-order valence-electron chi connectivity index (χ3n) is 7.38. The van der Waals surface area contributed by atoms with Gasteiger partial charge in [-0.25, -0.2) is 4.79 Å². The van der Waals surface area contributed by atoms with E-state index in [4.69, 9.17) is 24.2 Å². The molecule has 1 aromatic heterocycles. The highest BCUT2D eigenvalue weighted by Crippen LogP contribution is 2.34. The van der Waals surface area contributed by atoms with Crippen LogP contribution in [-0.4, -0.2) is 52.3 Å². The quantitative estimate of drug-likeness (QED) is 0.137. The number of benzene rings is 3. The highest BCUT2D eigenvalue weighted by atomic mass is 16.6. The molecular weight excluding hydrogens is 568 g/mol. The number of hydrogen-bond acceptors (Lipinski definition) is 8. The van der Waals surface area contributed by atoms with Gasteiger partial charge in [-0.2, -0.15) is 9.97 Å². The fourth-order valence-corrected chi connectivity index (χ4v) is 5.12. The van der Waals surface area contributed by atoms with Gasteiger partial charge < -0.3 is 24.6 Å². The molecule has 0 radical (unpaired) electrons. The first-order valence-corrected chi connectivity index (χ1v) is 15.7. The van der Waals surface area contributed by atoms with Crippen LogP contribution in [0.15, 0.2) is 72.8 Å². The highest BCUT2D eigenvalue weighted by Gasteiger charge is 2.21. The van der Waals surface area contributed by atoms with Crippen molar-refractivity contribution in [3.8, 4) is 28.8 Å². The van der Waals surface area contributed by atoms with Crippen molar-refractivity contribution in [3.63, 3.8) is 0 Å². The van der Waals surface area contributed by atoms with Crippen LogP contribution in [0.3, 0.4) is 0 Å². The minimum atomic E-state index is -0.944. The van der Waals surface area contributed by atoms with Crippen LogP contribution in [0.1, 0.15) is 60.8 Å². The van der Waals surface area contributed by atoms with Crippen LogP contribution in [0, 0.1) is 5.92 Å². The number of hydrogen-bond donors (Lipinski definition) is 2. The first-order chi connectivity index (χ1) is 21.9. The predicted molar refractivity (Wildman–Crippen MR) is 175 cm³/mol. The predicted octanol–water partition coefficient (Wildman–Crippen LogP) is 7.06. The van der Waals surface area contributed by atoms with E-state index in [-0.39, 0.29) is 5.56 Å². The van der Waals surface area contributed by atoms with Gasteiger partial charge in [0.05, 0.1) is 23.6 Å².